The highest BCUT2D eigenvalue weighted by atomic mass is 19.3. The lowest BCUT2D eigenvalue weighted by Gasteiger charge is -2.33. The molecule has 0 aliphatic carbocycles. The normalized spacial score (nSPS) is 15.8. The molecule has 1 aliphatic rings. The molecule has 0 radical (unpaired) electrons. The number of aromatic nitrogens is 5. The number of piperidine rings is 1. The minimum Gasteiger partial charge on any atom is -0.355 e. The van der Waals surface area contributed by atoms with Gasteiger partial charge in [-0.1, -0.05) is 0 Å². The van der Waals surface area contributed by atoms with Crippen LogP contribution in [-0.2, 0) is 6.54 Å². The molecule has 1 saturated heterocycles. The fraction of sp³-hybridized carbons (Fsp3) is 0.444. The Labute approximate surface area is 154 Å². The van der Waals surface area contributed by atoms with Crippen LogP contribution in [0.1, 0.15) is 30.7 Å². The van der Waals surface area contributed by atoms with Gasteiger partial charge in [0.05, 0.1) is 11.8 Å². The van der Waals surface area contributed by atoms with Crippen molar-refractivity contribution in [2.75, 3.05) is 18.0 Å². The number of hydrogen-bond acceptors (Lipinski definition) is 5. The average molecular weight is 374 g/mol. The van der Waals surface area contributed by atoms with E-state index in [0.29, 0.717) is 12.5 Å². The maximum atomic E-state index is 12.6. The number of hydrogen-bond donors (Lipinski definition) is 1. The lowest BCUT2D eigenvalue weighted by Crippen LogP contribution is -2.37. The Bertz CT molecular complexity index is 1010. The van der Waals surface area contributed by atoms with Crippen molar-refractivity contribution in [1.29, 1.82) is 0 Å². The standard InChI is InChI=1S/C18H20F2N6O/c1-11-6-13-16(24-11)18(22-9-21-13)25-4-2-12(3-5-25)8-26-10-23-14(17(19)20)7-15(26)27/h6-7,9-10,12,17,24H,2-5,8H2,1H3. The maximum absolute atomic E-state index is 12.6. The minimum atomic E-state index is -2.73. The first-order valence-corrected chi connectivity index (χ1v) is 8.91. The van der Waals surface area contributed by atoms with E-state index in [-0.39, 0.29) is 0 Å². The van der Waals surface area contributed by atoms with Crippen LogP contribution >= 0.6 is 0 Å². The van der Waals surface area contributed by atoms with Crippen LogP contribution in [-0.4, -0.2) is 37.6 Å². The summed E-state index contributed by atoms with van der Waals surface area (Å²) < 4.78 is 26.7. The molecule has 142 valence electrons. The number of aryl methyl sites for hydroxylation is 1. The van der Waals surface area contributed by atoms with Gasteiger partial charge in [0.2, 0.25) is 0 Å². The lowest BCUT2D eigenvalue weighted by molar-refractivity contribution is 0.145. The number of halogens is 2. The number of nitrogens with zero attached hydrogens (tertiary/aromatic N) is 5. The molecule has 1 aliphatic heterocycles. The lowest BCUT2D eigenvalue weighted by atomic mass is 9.96. The molecule has 0 saturated carbocycles. The van der Waals surface area contributed by atoms with E-state index in [1.807, 2.05) is 13.0 Å². The minimum absolute atomic E-state index is 0.292. The van der Waals surface area contributed by atoms with Crippen molar-refractivity contribution in [3.63, 3.8) is 0 Å². The van der Waals surface area contributed by atoms with E-state index in [4.69, 9.17) is 0 Å². The van der Waals surface area contributed by atoms with Crippen molar-refractivity contribution in [2.24, 2.45) is 5.92 Å². The summed E-state index contributed by atoms with van der Waals surface area (Å²) in [6.45, 7) is 4.10. The first-order valence-electron chi connectivity index (χ1n) is 8.91. The van der Waals surface area contributed by atoms with Crippen LogP contribution in [0.15, 0.2) is 29.6 Å². The number of nitrogens with one attached hydrogen (secondary N) is 1. The molecule has 0 amide bonds. The SMILES string of the molecule is Cc1cc2ncnc(N3CCC(Cn4cnc(C(F)F)cc4=O)CC3)c2[nH]1. The number of alkyl halides is 2. The third-order valence-corrected chi connectivity index (χ3v) is 5.03. The summed E-state index contributed by atoms with van der Waals surface area (Å²) in [6, 6.07) is 2.92. The summed E-state index contributed by atoms with van der Waals surface area (Å²) in [6.07, 6.45) is 1.85. The van der Waals surface area contributed by atoms with Crippen LogP contribution in [0.25, 0.3) is 11.0 Å². The van der Waals surface area contributed by atoms with Crippen molar-refractivity contribution in [3.05, 3.63) is 46.5 Å². The molecule has 0 atom stereocenters. The molecule has 3 aromatic rings. The molecular weight excluding hydrogens is 354 g/mol. The molecule has 1 fully saturated rings. The summed E-state index contributed by atoms with van der Waals surface area (Å²) in [5.41, 5.74) is 1.98. The quantitative estimate of drug-likeness (QED) is 0.760. The highest BCUT2D eigenvalue weighted by Gasteiger charge is 2.23. The Kier molecular flexibility index (Phi) is 4.59. The largest absolute Gasteiger partial charge is 0.355 e. The molecular formula is C18H20F2N6O. The second-order valence-electron chi connectivity index (χ2n) is 6.95. The first-order chi connectivity index (χ1) is 13.0. The monoisotopic (exact) mass is 374 g/mol. The van der Waals surface area contributed by atoms with Crippen LogP contribution < -0.4 is 10.5 Å². The number of anilines is 1. The third-order valence-electron chi connectivity index (χ3n) is 5.03. The smallest absolute Gasteiger partial charge is 0.280 e. The summed E-state index contributed by atoms with van der Waals surface area (Å²) in [5.74, 6) is 1.19. The van der Waals surface area contributed by atoms with E-state index in [9.17, 15) is 13.6 Å². The van der Waals surface area contributed by atoms with Crippen LogP contribution in [0, 0.1) is 12.8 Å². The van der Waals surface area contributed by atoms with Crippen molar-refractivity contribution in [3.8, 4) is 0 Å². The molecule has 0 aromatic carbocycles. The van der Waals surface area contributed by atoms with E-state index >= 15 is 0 Å². The first kappa shape index (κ1) is 17.6. The van der Waals surface area contributed by atoms with Gasteiger partial charge >= 0.3 is 0 Å². The fourth-order valence-electron chi connectivity index (χ4n) is 3.60. The zero-order valence-corrected chi connectivity index (χ0v) is 14.9. The zero-order valence-electron chi connectivity index (χ0n) is 14.9. The van der Waals surface area contributed by atoms with Crippen LogP contribution in [0.5, 0.6) is 0 Å². The van der Waals surface area contributed by atoms with Gasteiger partial charge in [-0.15, -0.1) is 0 Å². The highest BCUT2D eigenvalue weighted by molar-refractivity contribution is 5.86. The Morgan fingerprint density at radius 2 is 2.00 bits per heavy atom. The van der Waals surface area contributed by atoms with Gasteiger partial charge in [-0.2, -0.15) is 0 Å². The van der Waals surface area contributed by atoms with E-state index in [1.54, 1.807) is 6.33 Å². The van der Waals surface area contributed by atoms with Gasteiger partial charge in [0.25, 0.3) is 12.0 Å². The summed E-state index contributed by atoms with van der Waals surface area (Å²) in [7, 11) is 0. The van der Waals surface area contributed by atoms with Gasteiger partial charge in [-0.25, -0.2) is 23.7 Å². The molecule has 4 rings (SSSR count). The van der Waals surface area contributed by atoms with Crippen LogP contribution in [0.2, 0.25) is 0 Å². The van der Waals surface area contributed by atoms with E-state index < -0.39 is 17.7 Å². The summed E-state index contributed by atoms with van der Waals surface area (Å²) in [4.78, 5) is 30.0. The maximum Gasteiger partial charge on any atom is 0.280 e. The van der Waals surface area contributed by atoms with Crippen LogP contribution in [0.3, 0.4) is 0 Å². The second kappa shape index (κ2) is 7.05. The van der Waals surface area contributed by atoms with Crippen LogP contribution in [0.4, 0.5) is 14.6 Å². The molecule has 27 heavy (non-hydrogen) atoms. The Hall–Kier alpha value is -2.84. The summed E-state index contributed by atoms with van der Waals surface area (Å²) in [5, 5.41) is 0. The average Bonchev–Trinajstić information content (AvgIpc) is 3.04. The van der Waals surface area contributed by atoms with Gasteiger partial charge in [0.15, 0.2) is 5.82 Å². The van der Waals surface area contributed by atoms with Gasteiger partial charge < -0.3 is 9.88 Å². The predicted molar refractivity (Wildman–Crippen MR) is 97.0 cm³/mol. The number of aromatic amines is 1. The number of fused-ring (bicyclic) bond motifs is 1. The fourth-order valence-corrected chi connectivity index (χ4v) is 3.60. The molecule has 1 N–H and O–H groups in total. The molecule has 7 nitrogen and oxygen atoms in total. The van der Waals surface area contributed by atoms with Crippen molar-refractivity contribution >= 4 is 16.9 Å². The van der Waals surface area contributed by atoms with Gasteiger partial charge in [-0.05, 0) is 31.7 Å². The molecule has 4 heterocycles. The van der Waals surface area contributed by atoms with E-state index in [0.717, 1.165) is 54.5 Å². The van der Waals surface area contributed by atoms with Crippen molar-refractivity contribution in [1.82, 2.24) is 24.5 Å². The van der Waals surface area contributed by atoms with Crippen molar-refractivity contribution < 1.29 is 8.78 Å². The van der Waals surface area contributed by atoms with Gasteiger partial charge in [-0.3, -0.25) is 9.36 Å². The van der Waals surface area contributed by atoms with Gasteiger partial charge in [0.1, 0.15) is 17.5 Å². The Morgan fingerprint density at radius 1 is 1.22 bits per heavy atom. The second-order valence-corrected chi connectivity index (χ2v) is 6.95. The topological polar surface area (TPSA) is 79.7 Å². The molecule has 0 unspecified atom stereocenters. The van der Waals surface area contributed by atoms with Gasteiger partial charge in [0, 0.05) is 31.4 Å². The molecule has 9 heteroatoms. The zero-order chi connectivity index (χ0) is 19.0. The molecule has 3 aromatic heterocycles. The number of H-pyrrole nitrogens is 1. The van der Waals surface area contributed by atoms with Crippen molar-refractivity contribution in [2.45, 2.75) is 32.7 Å². The number of rotatable bonds is 4. The Balaban J connectivity index is 1.44. The van der Waals surface area contributed by atoms with E-state index in [1.165, 1.54) is 10.9 Å². The molecule has 0 spiro atoms. The highest BCUT2D eigenvalue weighted by Crippen LogP contribution is 2.27. The predicted octanol–water partition coefficient (Wildman–Crippen LogP) is 2.68. The molecule has 0 bridgehead atoms. The Morgan fingerprint density at radius 3 is 2.70 bits per heavy atom. The third kappa shape index (κ3) is 3.54. The van der Waals surface area contributed by atoms with E-state index in [2.05, 4.69) is 24.8 Å². The summed E-state index contributed by atoms with van der Waals surface area (Å²) >= 11 is 0.